The topological polar surface area (TPSA) is 79.4 Å². The number of anilines is 1. The van der Waals surface area contributed by atoms with Gasteiger partial charge in [0.1, 0.15) is 5.01 Å². The number of hydrogen-bond donors (Lipinski definition) is 1. The molecule has 3 aromatic rings. The molecule has 2 heterocycles. The van der Waals surface area contributed by atoms with Crippen molar-refractivity contribution in [2.45, 2.75) is 31.6 Å². The summed E-state index contributed by atoms with van der Waals surface area (Å²) in [5.41, 5.74) is 4.81. The molecule has 4 rings (SSSR count). The van der Waals surface area contributed by atoms with Gasteiger partial charge in [-0.2, -0.15) is 0 Å². The molecule has 2 aromatic carbocycles. The van der Waals surface area contributed by atoms with Gasteiger partial charge in [-0.1, -0.05) is 29.8 Å². The molecule has 1 aromatic heterocycles. The number of fused-ring (bicyclic) bond motifs is 1. The molecule has 156 valence electrons. The highest BCUT2D eigenvalue weighted by molar-refractivity contribution is 7.89. The second-order valence-electron chi connectivity index (χ2n) is 7.37. The summed E-state index contributed by atoms with van der Waals surface area (Å²) in [4.78, 5) is 18.2. The summed E-state index contributed by atoms with van der Waals surface area (Å²) in [7, 11) is -3.62. The van der Waals surface area contributed by atoms with Gasteiger partial charge in [0.15, 0.2) is 0 Å². The molecule has 6 nitrogen and oxygen atoms in total. The van der Waals surface area contributed by atoms with Crippen molar-refractivity contribution >= 4 is 33.0 Å². The average molecular weight is 442 g/mol. The zero-order valence-corrected chi connectivity index (χ0v) is 18.5. The Morgan fingerprint density at radius 2 is 1.97 bits per heavy atom. The van der Waals surface area contributed by atoms with Crippen molar-refractivity contribution in [3.05, 3.63) is 64.7 Å². The van der Waals surface area contributed by atoms with Gasteiger partial charge in [-0.3, -0.25) is 4.79 Å². The van der Waals surface area contributed by atoms with E-state index in [9.17, 15) is 13.2 Å². The number of aromatic nitrogens is 1. The third kappa shape index (κ3) is 4.30. The van der Waals surface area contributed by atoms with Crippen LogP contribution in [0.3, 0.4) is 0 Å². The maximum absolute atomic E-state index is 12.7. The van der Waals surface area contributed by atoms with Crippen LogP contribution in [0.25, 0.3) is 10.6 Å². The Labute approximate surface area is 180 Å². The van der Waals surface area contributed by atoms with Gasteiger partial charge in [-0.25, -0.2) is 18.1 Å². The molecule has 0 radical (unpaired) electrons. The zero-order valence-electron chi connectivity index (χ0n) is 16.9. The molecular formula is C22H23N3O3S2. The van der Waals surface area contributed by atoms with Crippen molar-refractivity contribution in [1.29, 1.82) is 0 Å². The second kappa shape index (κ2) is 8.29. The third-order valence-corrected chi connectivity index (χ3v) is 7.56. The first-order valence-electron chi connectivity index (χ1n) is 9.75. The number of benzene rings is 2. The Morgan fingerprint density at radius 1 is 1.20 bits per heavy atom. The van der Waals surface area contributed by atoms with Crippen LogP contribution in [0.1, 0.15) is 23.7 Å². The minimum Gasteiger partial charge on any atom is -0.312 e. The summed E-state index contributed by atoms with van der Waals surface area (Å²) in [6, 6.07) is 13.1. The number of nitrogens with zero attached hydrogens (tertiary/aromatic N) is 2. The molecule has 1 aliphatic heterocycles. The first-order chi connectivity index (χ1) is 14.3. The molecular weight excluding hydrogens is 418 g/mol. The van der Waals surface area contributed by atoms with E-state index in [2.05, 4.69) is 21.8 Å². The Bertz CT molecular complexity index is 1180. The fourth-order valence-electron chi connectivity index (χ4n) is 3.52. The Kier molecular flexibility index (Phi) is 5.73. The van der Waals surface area contributed by atoms with E-state index in [1.165, 1.54) is 12.5 Å². The monoisotopic (exact) mass is 441 g/mol. The van der Waals surface area contributed by atoms with E-state index in [4.69, 9.17) is 0 Å². The van der Waals surface area contributed by atoms with E-state index < -0.39 is 10.0 Å². The van der Waals surface area contributed by atoms with Gasteiger partial charge >= 0.3 is 0 Å². The maximum atomic E-state index is 12.7. The van der Waals surface area contributed by atoms with E-state index in [-0.39, 0.29) is 17.3 Å². The normalized spacial score (nSPS) is 13.5. The first-order valence-corrected chi connectivity index (χ1v) is 12.1. The molecule has 0 spiro atoms. The summed E-state index contributed by atoms with van der Waals surface area (Å²) < 4.78 is 28.0. The minimum absolute atomic E-state index is 0.0317. The van der Waals surface area contributed by atoms with Crippen molar-refractivity contribution in [2.24, 2.45) is 0 Å². The number of thiazole rings is 1. The standard InChI is InChI=1S/C22H23N3O3S2/c1-15-3-5-17(6-4-15)22-24-19(14-29-22)9-11-23-30(27,28)20-7-8-21-18(13-20)10-12-25(21)16(2)26/h3-8,13-14,23H,9-12H2,1-2H3. The third-order valence-electron chi connectivity index (χ3n) is 5.16. The predicted octanol–water partition coefficient (Wildman–Crippen LogP) is 3.55. The van der Waals surface area contributed by atoms with Crippen LogP contribution in [0.15, 0.2) is 52.7 Å². The van der Waals surface area contributed by atoms with Gasteiger partial charge in [0.05, 0.1) is 10.6 Å². The lowest BCUT2D eigenvalue weighted by molar-refractivity contribution is -0.116. The molecule has 0 saturated heterocycles. The molecule has 0 bridgehead atoms. The molecule has 30 heavy (non-hydrogen) atoms. The van der Waals surface area contributed by atoms with Crippen LogP contribution in [-0.4, -0.2) is 32.4 Å². The van der Waals surface area contributed by atoms with Crippen molar-refractivity contribution in [3.63, 3.8) is 0 Å². The summed E-state index contributed by atoms with van der Waals surface area (Å²) in [6.07, 6.45) is 1.18. The van der Waals surface area contributed by atoms with Gasteiger partial charge in [-0.15, -0.1) is 11.3 Å². The number of amides is 1. The van der Waals surface area contributed by atoms with Gasteiger partial charge in [0.2, 0.25) is 15.9 Å². The van der Waals surface area contributed by atoms with E-state index in [0.717, 1.165) is 27.5 Å². The molecule has 0 saturated carbocycles. The Balaban J connectivity index is 1.39. The van der Waals surface area contributed by atoms with Crippen LogP contribution in [0.4, 0.5) is 5.69 Å². The van der Waals surface area contributed by atoms with Crippen LogP contribution < -0.4 is 9.62 Å². The smallest absolute Gasteiger partial charge is 0.240 e. The molecule has 0 fully saturated rings. The molecule has 8 heteroatoms. The lowest BCUT2D eigenvalue weighted by atomic mass is 10.2. The van der Waals surface area contributed by atoms with E-state index in [1.807, 2.05) is 24.4 Å². The Morgan fingerprint density at radius 3 is 2.70 bits per heavy atom. The predicted molar refractivity (Wildman–Crippen MR) is 119 cm³/mol. The lowest BCUT2D eigenvalue weighted by Gasteiger charge is -2.15. The highest BCUT2D eigenvalue weighted by Crippen LogP contribution is 2.30. The van der Waals surface area contributed by atoms with E-state index in [0.29, 0.717) is 19.4 Å². The second-order valence-corrected chi connectivity index (χ2v) is 9.99. The summed E-state index contributed by atoms with van der Waals surface area (Å²) in [6.45, 7) is 4.43. The molecule has 1 aliphatic rings. The fourth-order valence-corrected chi connectivity index (χ4v) is 5.46. The van der Waals surface area contributed by atoms with Crippen molar-refractivity contribution in [1.82, 2.24) is 9.71 Å². The van der Waals surface area contributed by atoms with Crippen LogP contribution in [0.5, 0.6) is 0 Å². The Hall–Kier alpha value is -2.55. The van der Waals surface area contributed by atoms with Gasteiger partial charge in [0.25, 0.3) is 0 Å². The number of aryl methyl sites for hydroxylation is 1. The van der Waals surface area contributed by atoms with Gasteiger partial charge in [0, 0.05) is 43.1 Å². The maximum Gasteiger partial charge on any atom is 0.240 e. The van der Waals surface area contributed by atoms with E-state index in [1.54, 1.807) is 34.4 Å². The number of carbonyl (C=O) groups is 1. The zero-order chi connectivity index (χ0) is 21.3. The number of hydrogen-bond acceptors (Lipinski definition) is 5. The number of rotatable bonds is 6. The highest BCUT2D eigenvalue weighted by Gasteiger charge is 2.24. The average Bonchev–Trinajstić information content (AvgIpc) is 3.35. The highest BCUT2D eigenvalue weighted by atomic mass is 32.2. The molecule has 0 aliphatic carbocycles. The van der Waals surface area contributed by atoms with Crippen molar-refractivity contribution < 1.29 is 13.2 Å². The molecule has 1 N–H and O–H groups in total. The van der Waals surface area contributed by atoms with Crippen molar-refractivity contribution in [2.75, 3.05) is 18.0 Å². The summed E-state index contributed by atoms with van der Waals surface area (Å²) in [5, 5.41) is 2.90. The quantitative estimate of drug-likeness (QED) is 0.634. The number of nitrogens with one attached hydrogen (secondary N) is 1. The van der Waals surface area contributed by atoms with Crippen LogP contribution in [0, 0.1) is 6.92 Å². The van der Waals surface area contributed by atoms with Gasteiger partial charge in [-0.05, 0) is 37.1 Å². The molecule has 0 unspecified atom stereocenters. The lowest BCUT2D eigenvalue weighted by Crippen LogP contribution is -2.26. The van der Waals surface area contributed by atoms with Crippen LogP contribution in [0.2, 0.25) is 0 Å². The van der Waals surface area contributed by atoms with Crippen LogP contribution in [-0.2, 0) is 27.7 Å². The minimum atomic E-state index is -3.62. The largest absolute Gasteiger partial charge is 0.312 e. The molecule has 0 atom stereocenters. The summed E-state index contributed by atoms with van der Waals surface area (Å²) >= 11 is 1.56. The van der Waals surface area contributed by atoms with Crippen LogP contribution >= 0.6 is 11.3 Å². The number of carbonyl (C=O) groups excluding carboxylic acids is 1. The number of sulfonamides is 1. The molecule has 1 amide bonds. The van der Waals surface area contributed by atoms with Crippen molar-refractivity contribution in [3.8, 4) is 10.6 Å². The first kappa shape index (κ1) is 20.7. The summed E-state index contributed by atoms with van der Waals surface area (Å²) in [5.74, 6) is -0.0317. The van der Waals surface area contributed by atoms with Gasteiger partial charge < -0.3 is 4.90 Å². The fraction of sp³-hybridized carbons (Fsp3) is 0.273. The van der Waals surface area contributed by atoms with E-state index >= 15 is 0 Å². The SMILES string of the molecule is CC(=O)N1CCc2cc(S(=O)(=O)NCCc3csc(-c4ccc(C)cc4)n3)ccc21.